The van der Waals surface area contributed by atoms with E-state index in [1.165, 1.54) is 43.5 Å². The number of hydrogen-bond acceptors (Lipinski definition) is 4. The third kappa shape index (κ3) is 4.29. The van der Waals surface area contributed by atoms with Crippen molar-refractivity contribution < 1.29 is 32.3 Å². The number of halogens is 3. The summed E-state index contributed by atoms with van der Waals surface area (Å²) in [7, 11) is 1.17. The van der Waals surface area contributed by atoms with E-state index < -0.39 is 35.7 Å². The fourth-order valence-corrected chi connectivity index (χ4v) is 3.55. The molecule has 1 unspecified atom stereocenters. The molecule has 0 saturated heterocycles. The van der Waals surface area contributed by atoms with Crippen LogP contribution in [-0.2, 0) is 15.7 Å². The van der Waals surface area contributed by atoms with Crippen LogP contribution in [0.15, 0.2) is 59.8 Å². The van der Waals surface area contributed by atoms with E-state index in [-0.39, 0.29) is 28.9 Å². The first-order valence-corrected chi connectivity index (χ1v) is 9.57. The Hall–Kier alpha value is -3.82. The highest BCUT2D eigenvalue weighted by Gasteiger charge is 2.39. The molecule has 168 valence electrons. The Morgan fingerprint density at radius 2 is 1.81 bits per heavy atom. The maximum atomic E-state index is 13.2. The third-order valence-electron chi connectivity index (χ3n) is 5.04. The normalized spacial score (nSPS) is 16.6. The number of alkyl halides is 3. The van der Waals surface area contributed by atoms with Gasteiger partial charge in [-0.15, -0.1) is 0 Å². The molecule has 7 nitrogen and oxygen atoms in total. The van der Waals surface area contributed by atoms with Crippen molar-refractivity contribution in [1.29, 1.82) is 0 Å². The molecule has 0 spiro atoms. The topological polar surface area (TPSA) is 102 Å². The Balaban J connectivity index is 2.16. The second-order valence-electron chi connectivity index (χ2n) is 6.96. The Kier molecular flexibility index (Phi) is 6.24. The first-order chi connectivity index (χ1) is 15.1. The summed E-state index contributed by atoms with van der Waals surface area (Å²) in [5.41, 5.74) is 5.25. The van der Waals surface area contributed by atoms with Gasteiger partial charge in [0, 0.05) is 11.3 Å². The van der Waals surface area contributed by atoms with E-state index >= 15 is 0 Å². The van der Waals surface area contributed by atoms with Crippen molar-refractivity contribution in [2.45, 2.75) is 25.6 Å². The van der Waals surface area contributed by atoms with Crippen LogP contribution >= 0.6 is 0 Å². The van der Waals surface area contributed by atoms with Gasteiger partial charge in [0.2, 0.25) is 5.91 Å². The van der Waals surface area contributed by atoms with Gasteiger partial charge in [0.25, 0.3) is 0 Å². The molecular weight excluding hydrogens is 427 g/mol. The lowest BCUT2D eigenvalue weighted by Crippen LogP contribution is -2.48. The van der Waals surface area contributed by atoms with E-state index in [0.29, 0.717) is 5.56 Å². The minimum absolute atomic E-state index is 0.0434. The van der Waals surface area contributed by atoms with Gasteiger partial charge in [-0.3, -0.25) is 9.69 Å². The molecule has 0 radical (unpaired) electrons. The van der Waals surface area contributed by atoms with Gasteiger partial charge in [0.1, 0.15) is 0 Å². The molecule has 0 bridgehead atoms. The highest BCUT2D eigenvalue weighted by molar-refractivity contribution is 6.03. The fourth-order valence-electron chi connectivity index (χ4n) is 3.55. The minimum Gasteiger partial charge on any atom is -0.466 e. The summed E-state index contributed by atoms with van der Waals surface area (Å²) in [5, 5.41) is 2.65. The van der Waals surface area contributed by atoms with E-state index in [1.807, 2.05) is 0 Å². The first kappa shape index (κ1) is 22.9. The van der Waals surface area contributed by atoms with Crippen molar-refractivity contribution in [3.05, 3.63) is 76.5 Å². The fraction of sp³-hybridized carbons (Fsp3) is 0.227. The molecule has 2 aromatic rings. The van der Waals surface area contributed by atoms with Crippen LogP contribution in [0.1, 0.15) is 40.9 Å². The van der Waals surface area contributed by atoms with E-state index in [9.17, 15) is 27.6 Å². The number of amides is 3. The lowest BCUT2D eigenvalue weighted by Gasteiger charge is -2.36. The molecule has 1 aliphatic rings. The number of ether oxygens (including phenoxy) is 1. The molecular formula is C22H20F3N3O4. The molecule has 0 fully saturated rings. The molecule has 3 amide bonds. The highest BCUT2D eigenvalue weighted by atomic mass is 19.4. The summed E-state index contributed by atoms with van der Waals surface area (Å²) in [5.74, 6) is -1.39. The van der Waals surface area contributed by atoms with E-state index in [1.54, 1.807) is 6.92 Å². The van der Waals surface area contributed by atoms with Gasteiger partial charge < -0.3 is 15.8 Å². The average molecular weight is 447 g/mol. The van der Waals surface area contributed by atoms with Gasteiger partial charge in [-0.2, -0.15) is 13.2 Å². The number of nitrogens with zero attached hydrogens (tertiary/aromatic N) is 1. The predicted molar refractivity (Wildman–Crippen MR) is 109 cm³/mol. The highest BCUT2D eigenvalue weighted by Crippen LogP contribution is 2.38. The summed E-state index contributed by atoms with van der Waals surface area (Å²) in [4.78, 5) is 38.1. The number of rotatable bonds is 5. The lowest BCUT2D eigenvalue weighted by atomic mass is 9.92. The zero-order valence-electron chi connectivity index (χ0n) is 17.2. The van der Waals surface area contributed by atoms with Gasteiger partial charge in [-0.1, -0.05) is 25.1 Å². The first-order valence-electron chi connectivity index (χ1n) is 9.57. The van der Waals surface area contributed by atoms with E-state index in [2.05, 4.69) is 5.32 Å². The van der Waals surface area contributed by atoms with Crippen molar-refractivity contribution in [3.8, 4) is 0 Å². The molecule has 3 N–H and O–H groups in total. The molecule has 0 aromatic heterocycles. The number of anilines is 1. The van der Waals surface area contributed by atoms with E-state index in [4.69, 9.17) is 10.5 Å². The summed E-state index contributed by atoms with van der Waals surface area (Å²) < 4.78 is 44.5. The summed E-state index contributed by atoms with van der Waals surface area (Å²) in [6.45, 7) is 1.67. The van der Waals surface area contributed by atoms with Crippen molar-refractivity contribution in [2.75, 3.05) is 12.0 Å². The number of urea groups is 1. The second-order valence-corrected chi connectivity index (χ2v) is 6.96. The number of allylic oxidation sites excluding steroid dienone is 1. The summed E-state index contributed by atoms with van der Waals surface area (Å²) in [6, 6.07) is 8.57. The largest absolute Gasteiger partial charge is 0.466 e. The lowest BCUT2D eigenvalue weighted by molar-refractivity contribution is -0.138. The number of nitrogens with two attached hydrogens (primary N) is 1. The Bertz CT molecular complexity index is 1090. The molecule has 1 aliphatic heterocycles. The van der Waals surface area contributed by atoms with Crippen LogP contribution in [0.4, 0.5) is 23.7 Å². The molecule has 2 aromatic carbocycles. The standard InChI is InChI=1S/C22H20F3N3O4/c1-3-16-17(20(30)32-2)18(12-7-9-13(10-8-12)19(26)29)27-21(31)28(16)15-6-4-5-14(11-15)22(23,24)25/h4-11,18H,3H2,1-2H3,(H2,26,29)(H,27,31). The second kappa shape index (κ2) is 8.74. The number of nitrogens with one attached hydrogen (secondary N) is 1. The number of primary amides is 1. The number of carbonyl (C=O) groups excluding carboxylic acids is 3. The van der Waals surface area contributed by atoms with Gasteiger partial charge >= 0.3 is 18.2 Å². The van der Waals surface area contributed by atoms with Crippen molar-refractivity contribution in [1.82, 2.24) is 5.32 Å². The van der Waals surface area contributed by atoms with Crippen LogP contribution in [0.2, 0.25) is 0 Å². The SMILES string of the molecule is CCC1=C(C(=O)OC)C(c2ccc(C(N)=O)cc2)NC(=O)N1c1cccc(C(F)(F)F)c1. The van der Waals surface area contributed by atoms with E-state index in [0.717, 1.165) is 17.0 Å². The summed E-state index contributed by atoms with van der Waals surface area (Å²) in [6.07, 6.45) is -4.45. The maximum absolute atomic E-state index is 13.2. The van der Waals surface area contributed by atoms with Gasteiger partial charge in [-0.25, -0.2) is 9.59 Å². The van der Waals surface area contributed by atoms with Crippen molar-refractivity contribution in [3.63, 3.8) is 0 Å². The minimum atomic E-state index is -4.60. The monoisotopic (exact) mass is 447 g/mol. The predicted octanol–water partition coefficient (Wildman–Crippen LogP) is 3.91. The van der Waals surface area contributed by atoms with Crippen LogP contribution in [0.25, 0.3) is 0 Å². The van der Waals surface area contributed by atoms with Crippen LogP contribution in [-0.4, -0.2) is 25.0 Å². The number of methoxy groups -OCH3 is 1. The summed E-state index contributed by atoms with van der Waals surface area (Å²) >= 11 is 0. The molecule has 1 heterocycles. The van der Waals surface area contributed by atoms with Crippen LogP contribution in [0, 0.1) is 0 Å². The van der Waals surface area contributed by atoms with Crippen LogP contribution < -0.4 is 16.0 Å². The van der Waals surface area contributed by atoms with Crippen molar-refractivity contribution in [2.24, 2.45) is 5.73 Å². The molecule has 0 saturated carbocycles. The zero-order chi connectivity index (χ0) is 23.6. The third-order valence-corrected chi connectivity index (χ3v) is 5.04. The van der Waals surface area contributed by atoms with Gasteiger partial charge in [0.15, 0.2) is 0 Å². The molecule has 0 aliphatic carbocycles. The number of hydrogen-bond donors (Lipinski definition) is 2. The maximum Gasteiger partial charge on any atom is 0.416 e. The number of benzene rings is 2. The van der Waals surface area contributed by atoms with Gasteiger partial charge in [-0.05, 0) is 42.3 Å². The molecule has 10 heteroatoms. The Morgan fingerprint density at radius 1 is 1.16 bits per heavy atom. The molecule has 1 atom stereocenters. The zero-order valence-corrected chi connectivity index (χ0v) is 17.2. The van der Waals surface area contributed by atoms with Crippen molar-refractivity contribution >= 4 is 23.6 Å². The molecule has 3 rings (SSSR count). The smallest absolute Gasteiger partial charge is 0.416 e. The Morgan fingerprint density at radius 3 is 2.34 bits per heavy atom. The van der Waals surface area contributed by atoms with Gasteiger partial charge in [0.05, 0.1) is 30.0 Å². The molecule has 32 heavy (non-hydrogen) atoms. The quantitative estimate of drug-likeness (QED) is 0.679. The number of esters is 1. The van der Waals surface area contributed by atoms with Crippen LogP contribution in [0.3, 0.4) is 0 Å². The average Bonchev–Trinajstić information content (AvgIpc) is 2.77. The Labute approximate surface area is 181 Å². The number of carbonyl (C=O) groups is 3. The van der Waals surface area contributed by atoms with Crippen LogP contribution in [0.5, 0.6) is 0 Å².